The summed E-state index contributed by atoms with van der Waals surface area (Å²) in [6.07, 6.45) is 1.96. The molecule has 0 bridgehead atoms. The van der Waals surface area contributed by atoms with Crippen LogP contribution in [0.3, 0.4) is 0 Å². The number of benzene rings is 1. The van der Waals surface area contributed by atoms with Gasteiger partial charge in [-0.3, -0.25) is 4.99 Å². The lowest BCUT2D eigenvalue weighted by Crippen LogP contribution is -2.33. The molecule has 0 saturated heterocycles. The molecule has 1 rings (SSSR count). The molecule has 24 heavy (non-hydrogen) atoms. The minimum absolute atomic E-state index is 0. The van der Waals surface area contributed by atoms with E-state index in [1.165, 1.54) is 0 Å². The zero-order valence-corrected chi connectivity index (χ0v) is 17.3. The van der Waals surface area contributed by atoms with E-state index in [4.69, 9.17) is 19.9 Å². The van der Waals surface area contributed by atoms with Crippen LogP contribution in [0.1, 0.15) is 25.8 Å². The first kappa shape index (κ1) is 22.8. The molecule has 1 aromatic carbocycles. The van der Waals surface area contributed by atoms with Gasteiger partial charge in [0.1, 0.15) is 0 Å². The Morgan fingerprint density at radius 1 is 1.21 bits per heavy atom. The average Bonchev–Trinajstić information content (AvgIpc) is 2.54. The highest BCUT2D eigenvalue weighted by Gasteiger charge is 2.04. The molecule has 0 spiro atoms. The smallest absolute Gasteiger partial charge is 0.188 e. The highest BCUT2D eigenvalue weighted by molar-refractivity contribution is 14.0. The second-order valence-electron chi connectivity index (χ2n) is 5.41. The Bertz CT molecular complexity index is 496. The maximum atomic E-state index is 5.83. The highest BCUT2D eigenvalue weighted by atomic mass is 127. The fourth-order valence-electron chi connectivity index (χ4n) is 2.01. The number of ether oxygens (including phenoxy) is 3. The zero-order chi connectivity index (χ0) is 17.1. The molecule has 138 valence electrons. The lowest BCUT2D eigenvalue weighted by Gasteiger charge is -2.10. The van der Waals surface area contributed by atoms with Gasteiger partial charge in [-0.05, 0) is 44.4 Å². The van der Waals surface area contributed by atoms with Gasteiger partial charge in [0.2, 0.25) is 0 Å². The Hall–Kier alpha value is -1.22. The van der Waals surface area contributed by atoms with Crippen molar-refractivity contribution in [3.63, 3.8) is 0 Å². The third-order valence-corrected chi connectivity index (χ3v) is 3.20. The quantitative estimate of drug-likeness (QED) is 0.248. The van der Waals surface area contributed by atoms with Gasteiger partial charge in [-0.15, -0.1) is 24.0 Å². The normalized spacial score (nSPS) is 11.1. The van der Waals surface area contributed by atoms with Crippen LogP contribution in [-0.2, 0) is 11.2 Å². The summed E-state index contributed by atoms with van der Waals surface area (Å²) in [5.74, 6) is 1.93. The molecule has 0 aliphatic heterocycles. The van der Waals surface area contributed by atoms with E-state index in [1.807, 2.05) is 32.0 Å². The van der Waals surface area contributed by atoms with Crippen molar-refractivity contribution in [2.75, 3.05) is 33.9 Å². The molecular weight excluding hydrogens is 421 g/mol. The summed E-state index contributed by atoms with van der Waals surface area (Å²) in [4.78, 5) is 4.27. The molecule has 3 N–H and O–H groups in total. The standard InChI is InChI=1S/C17H29N3O3.HI/c1-13(2)23-11-5-9-19-17(18)20-10-8-14-6-7-15(21-3)16(12-14)22-4;/h6-7,12-13H,5,8-11H2,1-4H3,(H3,18,19,20);1H. The Morgan fingerprint density at radius 2 is 1.92 bits per heavy atom. The molecule has 0 fully saturated rings. The molecule has 6 nitrogen and oxygen atoms in total. The van der Waals surface area contributed by atoms with Gasteiger partial charge < -0.3 is 25.3 Å². The van der Waals surface area contributed by atoms with Crippen LogP contribution in [0, 0.1) is 0 Å². The number of nitrogens with one attached hydrogen (secondary N) is 1. The van der Waals surface area contributed by atoms with Crippen LogP contribution in [0.2, 0.25) is 0 Å². The van der Waals surface area contributed by atoms with E-state index in [0.717, 1.165) is 29.9 Å². The lowest BCUT2D eigenvalue weighted by atomic mass is 10.1. The van der Waals surface area contributed by atoms with Crippen molar-refractivity contribution in [3.05, 3.63) is 23.8 Å². The topological polar surface area (TPSA) is 78.1 Å². The number of rotatable bonds is 10. The van der Waals surface area contributed by atoms with Gasteiger partial charge in [-0.25, -0.2) is 0 Å². The van der Waals surface area contributed by atoms with Crippen molar-refractivity contribution in [3.8, 4) is 11.5 Å². The molecule has 0 unspecified atom stereocenters. The second kappa shape index (κ2) is 13.1. The molecule has 0 aliphatic rings. The van der Waals surface area contributed by atoms with E-state index in [0.29, 0.717) is 25.7 Å². The molecule has 0 atom stereocenters. The molecule has 0 radical (unpaired) electrons. The molecule has 0 saturated carbocycles. The molecule has 0 amide bonds. The van der Waals surface area contributed by atoms with Crippen LogP contribution in [0.4, 0.5) is 0 Å². The van der Waals surface area contributed by atoms with Gasteiger partial charge >= 0.3 is 0 Å². The lowest BCUT2D eigenvalue weighted by molar-refractivity contribution is 0.0783. The number of halogens is 1. The molecule has 0 heterocycles. The van der Waals surface area contributed by atoms with Crippen molar-refractivity contribution < 1.29 is 14.2 Å². The number of aliphatic imine (C=N–C) groups is 1. The first-order valence-corrected chi connectivity index (χ1v) is 7.93. The predicted molar refractivity (Wildman–Crippen MR) is 109 cm³/mol. The second-order valence-corrected chi connectivity index (χ2v) is 5.41. The minimum Gasteiger partial charge on any atom is -0.493 e. The number of hydrogen-bond acceptors (Lipinski definition) is 4. The summed E-state index contributed by atoms with van der Waals surface area (Å²) < 4.78 is 16.0. The van der Waals surface area contributed by atoms with E-state index in [-0.39, 0.29) is 30.1 Å². The van der Waals surface area contributed by atoms with Crippen LogP contribution < -0.4 is 20.5 Å². The summed E-state index contributed by atoms with van der Waals surface area (Å²) in [7, 11) is 3.26. The van der Waals surface area contributed by atoms with E-state index in [9.17, 15) is 0 Å². The number of hydrogen-bond donors (Lipinski definition) is 2. The van der Waals surface area contributed by atoms with Crippen LogP contribution >= 0.6 is 24.0 Å². The van der Waals surface area contributed by atoms with Crippen molar-refractivity contribution >= 4 is 29.9 Å². The van der Waals surface area contributed by atoms with Gasteiger partial charge in [0, 0.05) is 19.7 Å². The van der Waals surface area contributed by atoms with Crippen molar-refractivity contribution in [1.82, 2.24) is 5.32 Å². The van der Waals surface area contributed by atoms with Gasteiger partial charge in [0.15, 0.2) is 17.5 Å². The number of methoxy groups -OCH3 is 2. The van der Waals surface area contributed by atoms with Crippen LogP contribution in [0.5, 0.6) is 11.5 Å². The summed E-state index contributed by atoms with van der Waals surface area (Å²) in [6, 6.07) is 5.89. The van der Waals surface area contributed by atoms with E-state index >= 15 is 0 Å². The summed E-state index contributed by atoms with van der Waals surface area (Å²) in [5.41, 5.74) is 6.98. The minimum atomic E-state index is 0. The number of guanidine groups is 1. The summed E-state index contributed by atoms with van der Waals surface area (Å²) >= 11 is 0. The van der Waals surface area contributed by atoms with E-state index < -0.39 is 0 Å². The van der Waals surface area contributed by atoms with Crippen LogP contribution in [-0.4, -0.2) is 46.0 Å². The first-order chi connectivity index (χ1) is 11.1. The molecule has 0 aliphatic carbocycles. The predicted octanol–water partition coefficient (Wildman–Crippen LogP) is 2.58. The molecule has 1 aromatic rings. The number of nitrogens with zero attached hydrogens (tertiary/aromatic N) is 1. The van der Waals surface area contributed by atoms with Crippen molar-refractivity contribution in [1.29, 1.82) is 0 Å². The Morgan fingerprint density at radius 3 is 2.54 bits per heavy atom. The SMILES string of the molecule is COc1ccc(CCNC(N)=NCCCOC(C)C)cc1OC.I. The van der Waals surface area contributed by atoms with Crippen molar-refractivity contribution in [2.45, 2.75) is 32.8 Å². The Kier molecular flexibility index (Phi) is 12.4. The third kappa shape index (κ3) is 9.17. The van der Waals surface area contributed by atoms with Gasteiger partial charge in [0.25, 0.3) is 0 Å². The zero-order valence-electron chi connectivity index (χ0n) is 15.0. The van der Waals surface area contributed by atoms with E-state index in [1.54, 1.807) is 14.2 Å². The monoisotopic (exact) mass is 451 g/mol. The average molecular weight is 451 g/mol. The molecule has 0 aromatic heterocycles. The van der Waals surface area contributed by atoms with Gasteiger partial charge in [-0.2, -0.15) is 0 Å². The fourth-order valence-corrected chi connectivity index (χ4v) is 2.01. The first-order valence-electron chi connectivity index (χ1n) is 7.93. The molecular formula is C17H30IN3O3. The van der Waals surface area contributed by atoms with Crippen molar-refractivity contribution in [2.24, 2.45) is 10.7 Å². The van der Waals surface area contributed by atoms with E-state index in [2.05, 4.69) is 10.3 Å². The summed E-state index contributed by atoms with van der Waals surface area (Å²) in [5, 5.41) is 3.11. The summed E-state index contributed by atoms with van der Waals surface area (Å²) in [6.45, 7) is 6.13. The maximum Gasteiger partial charge on any atom is 0.188 e. The Balaban J connectivity index is 0.00000529. The fraction of sp³-hybridized carbons (Fsp3) is 0.588. The largest absolute Gasteiger partial charge is 0.493 e. The highest BCUT2D eigenvalue weighted by Crippen LogP contribution is 2.27. The van der Waals surface area contributed by atoms with Crippen LogP contribution in [0.15, 0.2) is 23.2 Å². The Labute approximate surface area is 162 Å². The van der Waals surface area contributed by atoms with Crippen LogP contribution in [0.25, 0.3) is 0 Å². The number of nitrogens with two attached hydrogens (primary N) is 1. The van der Waals surface area contributed by atoms with Gasteiger partial charge in [-0.1, -0.05) is 6.07 Å². The molecule has 7 heteroatoms. The van der Waals surface area contributed by atoms with Gasteiger partial charge in [0.05, 0.1) is 20.3 Å². The third-order valence-electron chi connectivity index (χ3n) is 3.20. The maximum absolute atomic E-state index is 5.83.